The summed E-state index contributed by atoms with van der Waals surface area (Å²) in [6, 6.07) is 15.0. The molecule has 30 heavy (non-hydrogen) atoms. The minimum atomic E-state index is -1.09. The summed E-state index contributed by atoms with van der Waals surface area (Å²) < 4.78 is 5.95. The third kappa shape index (κ3) is 3.57. The Bertz CT molecular complexity index is 967. The summed E-state index contributed by atoms with van der Waals surface area (Å²) in [6.07, 6.45) is 0.736. The molecule has 2 aromatic carbocycles. The average Bonchev–Trinajstić information content (AvgIpc) is 3.13. The van der Waals surface area contributed by atoms with Crippen LogP contribution in [0, 0.1) is 6.92 Å². The van der Waals surface area contributed by atoms with Gasteiger partial charge in [-0.05, 0) is 31.2 Å². The highest BCUT2D eigenvalue weighted by Crippen LogP contribution is 2.38. The van der Waals surface area contributed by atoms with Crippen molar-refractivity contribution < 1.29 is 24.2 Å². The highest BCUT2D eigenvalue weighted by atomic mass is 16.5. The van der Waals surface area contributed by atoms with E-state index in [0.29, 0.717) is 37.1 Å². The molecule has 0 radical (unpaired) electrons. The van der Waals surface area contributed by atoms with Crippen molar-refractivity contribution in [1.29, 1.82) is 0 Å². The fraction of sp³-hybridized carbons (Fsp3) is 0.348. The number of aryl methyl sites for hydroxylation is 1. The molecule has 1 spiro atoms. The van der Waals surface area contributed by atoms with Crippen molar-refractivity contribution in [2.45, 2.75) is 31.5 Å². The Balaban J connectivity index is 1.55. The molecule has 1 N–H and O–H groups in total. The van der Waals surface area contributed by atoms with E-state index in [4.69, 9.17) is 4.74 Å². The van der Waals surface area contributed by atoms with Crippen molar-refractivity contribution in [3.8, 4) is 0 Å². The van der Waals surface area contributed by atoms with E-state index < -0.39 is 17.7 Å². The molecule has 0 unspecified atom stereocenters. The maximum Gasteiger partial charge on any atom is 0.328 e. The van der Waals surface area contributed by atoms with Gasteiger partial charge in [0.05, 0.1) is 6.61 Å². The maximum absolute atomic E-state index is 13.2. The highest BCUT2D eigenvalue weighted by molar-refractivity contribution is 5.97. The second-order valence-corrected chi connectivity index (χ2v) is 7.81. The van der Waals surface area contributed by atoms with Crippen LogP contribution in [0.25, 0.3) is 0 Å². The van der Waals surface area contributed by atoms with Crippen LogP contribution < -0.4 is 0 Å². The molecular formula is C23H24N2O5. The minimum Gasteiger partial charge on any atom is -0.480 e. The molecule has 2 fully saturated rings. The molecule has 2 amide bonds. The van der Waals surface area contributed by atoms with E-state index in [2.05, 4.69) is 0 Å². The van der Waals surface area contributed by atoms with Gasteiger partial charge in [-0.3, -0.25) is 14.5 Å². The lowest BCUT2D eigenvalue weighted by Gasteiger charge is -2.44. The summed E-state index contributed by atoms with van der Waals surface area (Å²) >= 11 is 0. The zero-order valence-corrected chi connectivity index (χ0v) is 16.8. The summed E-state index contributed by atoms with van der Waals surface area (Å²) in [6.45, 7) is 2.66. The molecule has 4 rings (SSSR count). The van der Waals surface area contributed by atoms with Crippen molar-refractivity contribution in [1.82, 2.24) is 9.80 Å². The van der Waals surface area contributed by atoms with Gasteiger partial charge in [-0.1, -0.05) is 35.9 Å². The first-order chi connectivity index (χ1) is 14.4. The number of carbonyl (C=O) groups excluding carboxylic acids is 2. The maximum atomic E-state index is 13.2. The number of carboxylic acids is 1. The van der Waals surface area contributed by atoms with E-state index in [0.717, 1.165) is 5.56 Å². The van der Waals surface area contributed by atoms with Gasteiger partial charge in [-0.2, -0.15) is 0 Å². The fourth-order valence-corrected chi connectivity index (χ4v) is 4.30. The quantitative estimate of drug-likeness (QED) is 0.843. The molecule has 0 saturated carbocycles. The Kier molecular flexibility index (Phi) is 5.30. The Morgan fingerprint density at radius 3 is 2.27 bits per heavy atom. The molecule has 2 aliphatic rings. The smallest absolute Gasteiger partial charge is 0.328 e. The van der Waals surface area contributed by atoms with Crippen LogP contribution in [-0.4, -0.2) is 64.2 Å². The van der Waals surface area contributed by atoms with Gasteiger partial charge in [0.25, 0.3) is 11.8 Å². The number of aliphatic carboxylic acids is 1. The van der Waals surface area contributed by atoms with Gasteiger partial charge >= 0.3 is 5.97 Å². The van der Waals surface area contributed by atoms with E-state index in [1.165, 1.54) is 4.90 Å². The van der Waals surface area contributed by atoms with Crippen LogP contribution in [-0.2, 0) is 9.53 Å². The number of benzene rings is 2. The lowest BCUT2D eigenvalue weighted by molar-refractivity contribution is -0.143. The molecule has 0 aliphatic carbocycles. The number of likely N-dealkylation sites (tertiary alicyclic amines) is 1. The van der Waals surface area contributed by atoms with Crippen LogP contribution in [0.4, 0.5) is 0 Å². The van der Waals surface area contributed by atoms with E-state index >= 15 is 0 Å². The fourth-order valence-electron chi connectivity index (χ4n) is 4.30. The molecule has 0 bridgehead atoms. The van der Waals surface area contributed by atoms with Crippen molar-refractivity contribution in [2.24, 2.45) is 0 Å². The molecule has 7 heteroatoms. The standard InChI is InChI=1S/C23H24N2O5/c1-16-6-5-9-18(14-16)20(26)24-12-10-23(11-13-24)25(19(15-30-23)22(28)29)21(27)17-7-3-2-4-8-17/h2-9,14,19H,10-13,15H2,1H3,(H,28,29)/t19-/m1/s1. The summed E-state index contributed by atoms with van der Waals surface area (Å²) in [5.41, 5.74) is 1.04. The van der Waals surface area contributed by atoms with Crippen LogP contribution in [0.1, 0.15) is 39.1 Å². The van der Waals surface area contributed by atoms with E-state index in [1.807, 2.05) is 25.1 Å². The van der Waals surface area contributed by atoms with E-state index in [1.54, 1.807) is 41.3 Å². The van der Waals surface area contributed by atoms with Crippen LogP contribution in [0.15, 0.2) is 54.6 Å². The van der Waals surface area contributed by atoms with Gasteiger partial charge in [0.15, 0.2) is 6.04 Å². The molecule has 2 heterocycles. The molecule has 1 atom stereocenters. The number of rotatable bonds is 3. The monoisotopic (exact) mass is 408 g/mol. The number of nitrogens with zero attached hydrogens (tertiary/aromatic N) is 2. The predicted octanol–water partition coefficient (Wildman–Crippen LogP) is 2.55. The topological polar surface area (TPSA) is 87.2 Å². The van der Waals surface area contributed by atoms with Gasteiger partial charge in [0.1, 0.15) is 5.72 Å². The van der Waals surface area contributed by atoms with Crippen molar-refractivity contribution in [3.63, 3.8) is 0 Å². The largest absolute Gasteiger partial charge is 0.480 e. The highest BCUT2D eigenvalue weighted by Gasteiger charge is 2.54. The molecule has 2 saturated heterocycles. The van der Waals surface area contributed by atoms with Gasteiger partial charge in [-0.15, -0.1) is 0 Å². The number of carbonyl (C=O) groups is 3. The summed E-state index contributed by atoms with van der Waals surface area (Å²) in [5, 5.41) is 9.67. The summed E-state index contributed by atoms with van der Waals surface area (Å²) in [7, 11) is 0. The number of hydrogen-bond acceptors (Lipinski definition) is 4. The zero-order chi connectivity index (χ0) is 21.3. The third-order valence-corrected chi connectivity index (χ3v) is 5.88. The Hall–Kier alpha value is -3.19. The second-order valence-electron chi connectivity index (χ2n) is 7.81. The first-order valence-electron chi connectivity index (χ1n) is 10.0. The minimum absolute atomic E-state index is 0.0558. The number of hydrogen-bond donors (Lipinski definition) is 1. The first kappa shape index (κ1) is 20.1. The molecular weight excluding hydrogens is 384 g/mol. The average molecular weight is 408 g/mol. The molecule has 2 aromatic rings. The van der Waals surface area contributed by atoms with Crippen LogP contribution in [0.3, 0.4) is 0 Å². The molecule has 2 aliphatic heterocycles. The van der Waals surface area contributed by atoms with Gasteiger partial charge in [0, 0.05) is 37.1 Å². The Morgan fingerprint density at radius 2 is 1.63 bits per heavy atom. The Morgan fingerprint density at radius 1 is 0.967 bits per heavy atom. The molecule has 0 aromatic heterocycles. The number of amides is 2. The van der Waals surface area contributed by atoms with Crippen LogP contribution in [0.5, 0.6) is 0 Å². The van der Waals surface area contributed by atoms with Crippen LogP contribution >= 0.6 is 0 Å². The van der Waals surface area contributed by atoms with E-state index in [9.17, 15) is 19.5 Å². The molecule has 156 valence electrons. The number of ether oxygens (including phenoxy) is 1. The lowest BCUT2D eigenvalue weighted by atomic mass is 9.96. The normalized spacial score (nSPS) is 20.4. The number of piperidine rings is 1. The predicted molar refractivity (Wildman–Crippen MR) is 109 cm³/mol. The van der Waals surface area contributed by atoms with Crippen molar-refractivity contribution >= 4 is 17.8 Å². The zero-order valence-electron chi connectivity index (χ0n) is 16.8. The van der Waals surface area contributed by atoms with Gasteiger partial charge in [0.2, 0.25) is 0 Å². The lowest BCUT2D eigenvalue weighted by Crippen LogP contribution is -2.58. The van der Waals surface area contributed by atoms with Crippen molar-refractivity contribution in [3.05, 3.63) is 71.3 Å². The Labute approximate surface area is 174 Å². The SMILES string of the molecule is Cc1cccc(C(=O)N2CCC3(CC2)OC[C@H](C(=O)O)N3C(=O)c2ccccc2)c1. The van der Waals surface area contributed by atoms with E-state index in [-0.39, 0.29) is 18.4 Å². The third-order valence-electron chi connectivity index (χ3n) is 5.88. The van der Waals surface area contributed by atoms with Gasteiger partial charge in [-0.25, -0.2) is 4.79 Å². The first-order valence-corrected chi connectivity index (χ1v) is 10.0. The van der Waals surface area contributed by atoms with Gasteiger partial charge < -0.3 is 14.7 Å². The second kappa shape index (κ2) is 7.91. The summed E-state index contributed by atoms with van der Waals surface area (Å²) in [5.74, 6) is -1.52. The van der Waals surface area contributed by atoms with Crippen LogP contribution in [0.2, 0.25) is 0 Å². The number of carboxylic acid groups (broad SMARTS) is 1. The van der Waals surface area contributed by atoms with Crippen molar-refractivity contribution in [2.75, 3.05) is 19.7 Å². The molecule has 7 nitrogen and oxygen atoms in total. The summed E-state index contributed by atoms with van der Waals surface area (Å²) in [4.78, 5) is 41.0.